The van der Waals surface area contributed by atoms with Gasteiger partial charge in [0.25, 0.3) is 10.0 Å². The Bertz CT molecular complexity index is 2150. The topological polar surface area (TPSA) is 155 Å². The van der Waals surface area contributed by atoms with E-state index in [1.807, 2.05) is 0 Å². The van der Waals surface area contributed by atoms with Crippen LogP contribution in [0.25, 0.3) is 33.3 Å². The summed E-state index contributed by atoms with van der Waals surface area (Å²) in [5, 5.41) is 17.7. The van der Waals surface area contributed by atoms with E-state index in [1.54, 1.807) is 46.0 Å². The highest BCUT2D eigenvalue weighted by molar-refractivity contribution is 9.10. The van der Waals surface area contributed by atoms with Gasteiger partial charge in [-0.05, 0) is 61.7 Å². The van der Waals surface area contributed by atoms with Crippen molar-refractivity contribution < 1.29 is 27.4 Å². The van der Waals surface area contributed by atoms with Crippen molar-refractivity contribution in [2.24, 2.45) is 14.1 Å². The predicted molar refractivity (Wildman–Crippen MR) is 167 cm³/mol. The van der Waals surface area contributed by atoms with E-state index in [-0.39, 0.29) is 44.5 Å². The smallest absolute Gasteiger partial charge is 0.407 e. The Morgan fingerprint density at radius 1 is 1.18 bits per heavy atom. The van der Waals surface area contributed by atoms with Gasteiger partial charge in [-0.15, -0.1) is 5.10 Å². The zero-order chi connectivity index (χ0) is 32.6. The Kier molecular flexibility index (Phi) is 7.44. The van der Waals surface area contributed by atoms with Crippen molar-refractivity contribution in [2.45, 2.75) is 62.3 Å². The van der Waals surface area contributed by atoms with E-state index in [4.69, 9.17) is 4.74 Å². The number of aliphatic hydroxyl groups excluding tert-OH is 1. The van der Waals surface area contributed by atoms with Crippen molar-refractivity contribution in [2.75, 3.05) is 0 Å². The van der Waals surface area contributed by atoms with Crippen molar-refractivity contribution in [3.63, 3.8) is 0 Å². The molecule has 0 radical (unpaired) electrons. The van der Waals surface area contributed by atoms with Crippen LogP contribution in [0.1, 0.15) is 39.7 Å². The molecular weight excluding hydrogens is 673 g/mol. The molecule has 5 aromatic rings. The molecule has 1 saturated carbocycles. The molecule has 0 aliphatic heterocycles. The molecule has 0 spiro atoms. The minimum atomic E-state index is -4.36. The second kappa shape index (κ2) is 10.8. The number of nitrogens with one attached hydrogen (secondary N) is 1. The summed E-state index contributed by atoms with van der Waals surface area (Å²) >= 11 is 3.55. The summed E-state index contributed by atoms with van der Waals surface area (Å²) < 4.78 is 54.3. The lowest BCUT2D eigenvalue weighted by Crippen LogP contribution is -2.42. The van der Waals surface area contributed by atoms with Crippen LogP contribution in [0.3, 0.4) is 0 Å². The fourth-order valence-corrected chi connectivity index (χ4v) is 8.32. The minimum absolute atomic E-state index is 0.0437. The molecule has 0 saturated heterocycles. The molecule has 1 fully saturated rings. The molecule has 1 aromatic carbocycles. The molecule has 1 aliphatic carbocycles. The Labute approximate surface area is 265 Å². The summed E-state index contributed by atoms with van der Waals surface area (Å²) in [6.45, 7) is 5.18. The van der Waals surface area contributed by atoms with Crippen LogP contribution < -0.4 is 11.0 Å². The van der Waals surface area contributed by atoms with E-state index >= 15 is 4.39 Å². The molecule has 4 heterocycles. The Balaban J connectivity index is 1.60. The molecule has 1 aliphatic rings. The summed E-state index contributed by atoms with van der Waals surface area (Å²) in [4.78, 5) is 30.7. The van der Waals surface area contributed by atoms with Crippen LogP contribution in [-0.2, 0) is 28.9 Å². The summed E-state index contributed by atoms with van der Waals surface area (Å²) in [5.74, 6) is -0.901. The summed E-state index contributed by atoms with van der Waals surface area (Å²) in [6.07, 6.45) is 1.37. The van der Waals surface area contributed by atoms with Crippen molar-refractivity contribution in [1.82, 2.24) is 33.2 Å². The van der Waals surface area contributed by atoms with Crippen LogP contribution in [0.15, 0.2) is 56.9 Å². The molecule has 3 atom stereocenters. The van der Waals surface area contributed by atoms with Crippen LogP contribution in [0, 0.1) is 5.95 Å². The van der Waals surface area contributed by atoms with E-state index < -0.39 is 51.5 Å². The quantitative estimate of drug-likeness (QED) is 0.280. The van der Waals surface area contributed by atoms with Gasteiger partial charge >= 0.3 is 11.8 Å². The summed E-state index contributed by atoms with van der Waals surface area (Å²) in [5.41, 5.74) is -0.660. The molecular formula is C29H31BrFN7O6S. The number of ether oxygens (including phenoxy) is 1. The fraction of sp³-hybridized carbons (Fsp3) is 0.379. The van der Waals surface area contributed by atoms with Crippen molar-refractivity contribution in [1.29, 1.82) is 0 Å². The third-order valence-electron chi connectivity index (χ3n) is 7.82. The second-order valence-corrected chi connectivity index (χ2v) is 14.7. The van der Waals surface area contributed by atoms with Gasteiger partial charge in [0.2, 0.25) is 5.95 Å². The number of imidazole rings is 1. The van der Waals surface area contributed by atoms with Crippen molar-refractivity contribution in [3.05, 3.63) is 63.6 Å². The van der Waals surface area contributed by atoms with Gasteiger partial charge in [-0.1, -0.05) is 18.2 Å². The van der Waals surface area contributed by atoms with E-state index in [9.17, 15) is 23.1 Å². The molecule has 0 unspecified atom stereocenters. The maximum absolute atomic E-state index is 15.3. The highest BCUT2D eigenvalue weighted by Gasteiger charge is 2.39. The first-order valence-corrected chi connectivity index (χ1v) is 16.3. The van der Waals surface area contributed by atoms with Gasteiger partial charge in [-0.2, -0.15) is 4.39 Å². The first-order valence-electron chi connectivity index (χ1n) is 14.1. The largest absolute Gasteiger partial charge is 0.444 e. The summed E-state index contributed by atoms with van der Waals surface area (Å²) in [7, 11) is -1.29. The monoisotopic (exact) mass is 703 g/mol. The predicted octanol–water partition coefficient (Wildman–Crippen LogP) is 3.82. The number of aromatic nitrogens is 6. The molecule has 45 heavy (non-hydrogen) atoms. The first kappa shape index (κ1) is 31.0. The summed E-state index contributed by atoms with van der Waals surface area (Å²) in [6, 6.07) is 6.37. The standard InChI is InChI=1S/C29H31BrFN7O6S/c1-29(2,3)44-27(40)33-18-11-15(12-20(18)39)37-24-19(36(5)28(37)41)13-32-26-21(24)22(30)23(17-14-35(4)34-25(17)31)38(26)45(42,43)16-9-7-6-8-10-16/h6-10,13-15,18,20,39H,11-12H2,1-5H3,(H,33,40)/t15-,18-,20-/m0/s1. The molecule has 1 amide bonds. The van der Waals surface area contributed by atoms with E-state index in [0.717, 1.165) is 3.97 Å². The minimum Gasteiger partial charge on any atom is -0.444 e. The third kappa shape index (κ3) is 5.13. The zero-order valence-corrected chi connectivity index (χ0v) is 27.4. The van der Waals surface area contributed by atoms with Gasteiger partial charge in [0.15, 0.2) is 5.65 Å². The van der Waals surface area contributed by atoms with Gasteiger partial charge in [-0.3, -0.25) is 13.8 Å². The Hall–Kier alpha value is -4.02. The number of hydrogen-bond donors (Lipinski definition) is 2. The van der Waals surface area contributed by atoms with Gasteiger partial charge in [0.05, 0.1) is 55.4 Å². The molecule has 238 valence electrons. The molecule has 6 rings (SSSR count). The number of carbonyl (C=O) groups excluding carboxylic acids is 1. The average Bonchev–Trinajstić information content (AvgIpc) is 3.65. The van der Waals surface area contributed by atoms with Crippen LogP contribution in [-0.4, -0.2) is 65.2 Å². The lowest BCUT2D eigenvalue weighted by molar-refractivity contribution is 0.0449. The Morgan fingerprint density at radius 2 is 1.87 bits per heavy atom. The fourth-order valence-electron chi connectivity index (χ4n) is 5.93. The number of rotatable bonds is 5. The number of fused-ring (bicyclic) bond motifs is 3. The number of halogens is 2. The van der Waals surface area contributed by atoms with Gasteiger partial charge in [0.1, 0.15) is 5.60 Å². The number of aryl methyl sites for hydroxylation is 2. The molecule has 2 N–H and O–H groups in total. The number of alkyl carbamates (subject to hydrolysis) is 1. The van der Waals surface area contributed by atoms with Crippen LogP contribution in [0.5, 0.6) is 0 Å². The van der Waals surface area contributed by atoms with Gasteiger partial charge in [-0.25, -0.2) is 27.0 Å². The van der Waals surface area contributed by atoms with Gasteiger partial charge < -0.3 is 15.2 Å². The maximum atomic E-state index is 15.3. The highest BCUT2D eigenvalue weighted by Crippen LogP contribution is 2.44. The van der Waals surface area contributed by atoms with Crippen LogP contribution in [0.4, 0.5) is 9.18 Å². The number of amides is 1. The number of aliphatic hydroxyl groups is 1. The molecule has 4 aromatic heterocycles. The maximum Gasteiger partial charge on any atom is 0.407 e. The van der Waals surface area contributed by atoms with Crippen LogP contribution in [0.2, 0.25) is 0 Å². The van der Waals surface area contributed by atoms with E-state index in [2.05, 4.69) is 31.3 Å². The first-order chi connectivity index (χ1) is 21.1. The average molecular weight is 705 g/mol. The molecule has 13 nitrogen and oxygen atoms in total. The van der Waals surface area contributed by atoms with Crippen molar-refractivity contribution >= 4 is 54.1 Å². The molecule has 0 bridgehead atoms. The number of nitrogens with zero attached hydrogens (tertiary/aromatic N) is 6. The van der Waals surface area contributed by atoms with Gasteiger partial charge in [0, 0.05) is 26.3 Å². The second-order valence-electron chi connectivity index (χ2n) is 12.1. The zero-order valence-electron chi connectivity index (χ0n) is 25.0. The number of pyridine rings is 1. The third-order valence-corrected chi connectivity index (χ3v) is 10.3. The lowest BCUT2D eigenvalue weighted by atomic mass is 10.2. The van der Waals surface area contributed by atoms with E-state index in [0.29, 0.717) is 11.0 Å². The highest BCUT2D eigenvalue weighted by atomic mass is 79.9. The normalized spacial score (nSPS) is 19.1. The number of benzene rings is 1. The van der Waals surface area contributed by atoms with E-state index in [1.165, 1.54) is 45.4 Å². The lowest BCUT2D eigenvalue weighted by Gasteiger charge is -2.23. The molecule has 16 heteroatoms. The Morgan fingerprint density at radius 3 is 2.49 bits per heavy atom. The number of hydrogen-bond acceptors (Lipinski definition) is 8. The SMILES string of the molecule is Cn1cc(-c2c(Br)c3c(ncc4c3n([C@H]3C[C@H](NC(=O)OC(C)(C)C)[C@@H](O)C3)c(=O)n4C)n2S(=O)(=O)c2ccccc2)c(F)n1. The number of carbonyl (C=O) groups is 1. The van der Waals surface area contributed by atoms with Crippen molar-refractivity contribution in [3.8, 4) is 11.3 Å². The van der Waals surface area contributed by atoms with Crippen LogP contribution >= 0.6 is 15.9 Å².